The molecular formula is C8H15NO2. The minimum Gasteiger partial charge on any atom is -0.388 e. The SMILES string of the molecule is CC1CC(=O)N(C)CC1(C)O. The summed E-state index contributed by atoms with van der Waals surface area (Å²) in [5.41, 5.74) is -0.706. The summed E-state index contributed by atoms with van der Waals surface area (Å²) in [6.07, 6.45) is 0.462. The third kappa shape index (κ3) is 1.53. The van der Waals surface area contributed by atoms with Gasteiger partial charge in [0.25, 0.3) is 0 Å². The number of hydrogen-bond donors (Lipinski definition) is 1. The molecule has 1 amide bonds. The van der Waals surface area contributed by atoms with Crippen LogP contribution in [0.1, 0.15) is 20.3 Å². The van der Waals surface area contributed by atoms with Crippen LogP contribution < -0.4 is 0 Å². The average Bonchev–Trinajstić information content (AvgIpc) is 1.83. The molecule has 1 heterocycles. The zero-order valence-electron chi connectivity index (χ0n) is 7.29. The second-order valence-corrected chi connectivity index (χ2v) is 3.71. The lowest BCUT2D eigenvalue weighted by Gasteiger charge is -2.39. The second-order valence-electron chi connectivity index (χ2n) is 3.71. The Morgan fingerprint density at radius 2 is 2.27 bits per heavy atom. The molecule has 3 nitrogen and oxygen atoms in total. The summed E-state index contributed by atoms with van der Waals surface area (Å²) in [6.45, 7) is 4.14. The van der Waals surface area contributed by atoms with Crippen molar-refractivity contribution in [2.24, 2.45) is 5.92 Å². The van der Waals surface area contributed by atoms with Crippen molar-refractivity contribution >= 4 is 5.91 Å². The van der Waals surface area contributed by atoms with Crippen LogP contribution in [0, 0.1) is 5.92 Å². The van der Waals surface area contributed by atoms with Gasteiger partial charge in [0.05, 0.1) is 5.60 Å². The maximum absolute atomic E-state index is 11.1. The number of likely N-dealkylation sites (N-methyl/N-ethyl adjacent to an activating group) is 1. The van der Waals surface area contributed by atoms with E-state index in [0.29, 0.717) is 13.0 Å². The van der Waals surface area contributed by atoms with Gasteiger partial charge in [-0.3, -0.25) is 4.79 Å². The molecular weight excluding hydrogens is 142 g/mol. The molecule has 64 valence electrons. The Kier molecular flexibility index (Phi) is 1.92. The standard InChI is InChI=1S/C8H15NO2/c1-6-4-7(10)9(3)5-8(6,2)11/h6,11H,4-5H2,1-3H3. The van der Waals surface area contributed by atoms with Crippen molar-refractivity contribution < 1.29 is 9.90 Å². The number of carbonyl (C=O) groups is 1. The number of aliphatic hydroxyl groups is 1. The molecule has 0 saturated carbocycles. The van der Waals surface area contributed by atoms with E-state index in [2.05, 4.69) is 0 Å². The Morgan fingerprint density at radius 1 is 1.73 bits per heavy atom. The van der Waals surface area contributed by atoms with Gasteiger partial charge in [-0.1, -0.05) is 6.92 Å². The van der Waals surface area contributed by atoms with Crippen molar-refractivity contribution in [1.82, 2.24) is 4.90 Å². The summed E-state index contributed by atoms with van der Waals surface area (Å²) >= 11 is 0. The Labute approximate surface area is 67.0 Å². The molecule has 2 atom stereocenters. The number of rotatable bonds is 0. The largest absolute Gasteiger partial charge is 0.388 e. The predicted octanol–water partition coefficient (Wildman–Crippen LogP) is 0.236. The zero-order valence-corrected chi connectivity index (χ0v) is 7.29. The molecule has 1 aliphatic heterocycles. The Balaban J connectivity index is 2.70. The van der Waals surface area contributed by atoms with Crippen LogP contribution in [0.4, 0.5) is 0 Å². The van der Waals surface area contributed by atoms with Gasteiger partial charge in [-0.25, -0.2) is 0 Å². The van der Waals surface area contributed by atoms with Crippen molar-refractivity contribution in [2.45, 2.75) is 25.9 Å². The maximum atomic E-state index is 11.1. The quantitative estimate of drug-likeness (QED) is 0.547. The van der Waals surface area contributed by atoms with Crippen molar-refractivity contribution in [1.29, 1.82) is 0 Å². The molecule has 1 saturated heterocycles. The van der Waals surface area contributed by atoms with E-state index in [-0.39, 0.29) is 11.8 Å². The maximum Gasteiger partial charge on any atom is 0.222 e. The van der Waals surface area contributed by atoms with Crippen molar-refractivity contribution in [3.8, 4) is 0 Å². The molecule has 0 spiro atoms. The van der Waals surface area contributed by atoms with Gasteiger partial charge in [0.15, 0.2) is 0 Å². The first kappa shape index (κ1) is 8.53. The highest BCUT2D eigenvalue weighted by Gasteiger charge is 2.37. The first-order chi connectivity index (χ1) is 4.93. The number of β-amino-alcohol motifs (C(OH)–C–C–N with tert-alkyl or cyclic N) is 1. The predicted molar refractivity (Wildman–Crippen MR) is 42.0 cm³/mol. The van der Waals surface area contributed by atoms with Crippen LogP contribution in [0.5, 0.6) is 0 Å². The van der Waals surface area contributed by atoms with Crippen LogP contribution in [0.3, 0.4) is 0 Å². The minimum atomic E-state index is -0.706. The first-order valence-corrected chi connectivity index (χ1v) is 3.90. The topological polar surface area (TPSA) is 40.5 Å². The molecule has 1 fully saturated rings. The highest BCUT2D eigenvalue weighted by atomic mass is 16.3. The minimum absolute atomic E-state index is 0.0752. The van der Waals surface area contributed by atoms with Gasteiger partial charge in [0, 0.05) is 20.0 Å². The van der Waals surface area contributed by atoms with Crippen LogP contribution in [0.2, 0.25) is 0 Å². The van der Waals surface area contributed by atoms with E-state index >= 15 is 0 Å². The number of amides is 1. The van der Waals surface area contributed by atoms with Crippen LogP contribution in [0.25, 0.3) is 0 Å². The number of carbonyl (C=O) groups excluding carboxylic acids is 1. The number of hydrogen-bond acceptors (Lipinski definition) is 2. The molecule has 0 aromatic carbocycles. The number of piperidine rings is 1. The molecule has 1 N–H and O–H groups in total. The molecule has 3 heteroatoms. The summed E-state index contributed by atoms with van der Waals surface area (Å²) in [6, 6.07) is 0. The lowest BCUT2D eigenvalue weighted by atomic mass is 9.84. The zero-order chi connectivity index (χ0) is 8.65. The smallest absolute Gasteiger partial charge is 0.222 e. The number of likely N-dealkylation sites (tertiary alicyclic amines) is 1. The van der Waals surface area contributed by atoms with Gasteiger partial charge in [0.1, 0.15) is 0 Å². The molecule has 0 aromatic rings. The van der Waals surface area contributed by atoms with Crippen LogP contribution in [0.15, 0.2) is 0 Å². The number of nitrogens with zero attached hydrogens (tertiary/aromatic N) is 1. The molecule has 0 bridgehead atoms. The first-order valence-electron chi connectivity index (χ1n) is 3.90. The summed E-state index contributed by atoms with van der Waals surface area (Å²) in [5.74, 6) is 0.204. The van der Waals surface area contributed by atoms with E-state index in [1.165, 1.54) is 0 Å². The normalized spacial score (nSPS) is 39.5. The molecule has 1 rings (SSSR count). The van der Waals surface area contributed by atoms with E-state index in [0.717, 1.165) is 0 Å². The van der Waals surface area contributed by atoms with E-state index in [9.17, 15) is 9.90 Å². The Morgan fingerprint density at radius 3 is 2.73 bits per heavy atom. The lowest BCUT2D eigenvalue weighted by Crippen LogP contribution is -2.52. The van der Waals surface area contributed by atoms with Crippen molar-refractivity contribution in [3.05, 3.63) is 0 Å². The summed E-state index contributed by atoms with van der Waals surface area (Å²) < 4.78 is 0. The fourth-order valence-electron chi connectivity index (χ4n) is 1.36. The van der Waals surface area contributed by atoms with Crippen LogP contribution in [-0.2, 0) is 4.79 Å². The van der Waals surface area contributed by atoms with Gasteiger partial charge >= 0.3 is 0 Å². The Bertz CT molecular complexity index is 177. The van der Waals surface area contributed by atoms with E-state index < -0.39 is 5.60 Å². The van der Waals surface area contributed by atoms with Gasteiger partial charge in [-0.2, -0.15) is 0 Å². The monoisotopic (exact) mass is 157 g/mol. The highest BCUT2D eigenvalue weighted by molar-refractivity contribution is 5.77. The summed E-state index contributed by atoms with van der Waals surface area (Å²) in [4.78, 5) is 12.7. The van der Waals surface area contributed by atoms with Gasteiger partial charge in [-0.15, -0.1) is 0 Å². The van der Waals surface area contributed by atoms with E-state index in [1.807, 2.05) is 6.92 Å². The van der Waals surface area contributed by atoms with Gasteiger partial charge in [-0.05, 0) is 12.8 Å². The lowest BCUT2D eigenvalue weighted by molar-refractivity contribution is -0.145. The van der Waals surface area contributed by atoms with Crippen molar-refractivity contribution in [3.63, 3.8) is 0 Å². The molecule has 11 heavy (non-hydrogen) atoms. The summed E-state index contributed by atoms with van der Waals surface area (Å²) in [7, 11) is 1.72. The molecule has 1 aliphatic rings. The third-order valence-electron chi connectivity index (χ3n) is 2.53. The fourth-order valence-corrected chi connectivity index (χ4v) is 1.36. The van der Waals surface area contributed by atoms with Gasteiger partial charge < -0.3 is 10.0 Å². The average molecular weight is 157 g/mol. The fraction of sp³-hybridized carbons (Fsp3) is 0.875. The van der Waals surface area contributed by atoms with Crippen molar-refractivity contribution in [2.75, 3.05) is 13.6 Å². The van der Waals surface area contributed by atoms with Crippen LogP contribution in [-0.4, -0.2) is 35.1 Å². The second kappa shape index (κ2) is 2.48. The summed E-state index contributed by atoms with van der Waals surface area (Å²) in [5, 5.41) is 9.74. The molecule has 2 unspecified atom stereocenters. The molecule has 0 aromatic heterocycles. The Hall–Kier alpha value is -0.570. The van der Waals surface area contributed by atoms with E-state index in [1.54, 1.807) is 18.9 Å². The van der Waals surface area contributed by atoms with Crippen LogP contribution >= 0.6 is 0 Å². The third-order valence-corrected chi connectivity index (χ3v) is 2.53. The van der Waals surface area contributed by atoms with Gasteiger partial charge in [0.2, 0.25) is 5.91 Å². The van der Waals surface area contributed by atoms with E-state index in [4.69, 9.17) is 0 Å². The molecule has 0 aliphatic carbocycles. The highest BCUT2D eigenvalue weighted by Crippen LogP contribution is 2.26. The molecule has 0 radical (unpaired) electrons.